The maximum Gasteiger partial charge on any atom is 0.306 e. The Kier molecular flexibility index (Phi) is 17.0. The van der Waals surface area contributed by atoms with E-state index in [0.717, 1.165) is 38.4 Å². The molecule has 16 atom stereocenters. The highest BCUT2D eigenvalue weighted by atomic mass is 16.7. The molecule has 1 aromatic carbocycles. The molecule has 0 bridgehead atoms. The Morgan fingerprint density at radius 2 is 1.52 bits per heavy atom. The number of amides is 5. The summed E-state index contributed by atoms with van der Waals surface area (Å²) in [6, 6.07) is 4.57. The molecule has 0 radical (unpaired) electrons. The summed E-state index contributed by atoms with van der Waals surface area (Å²) in [5.74, 6) is -2.93. The monoisotopic (exact) mass is 935 g/mol. The number of ether oxygens (including phenoxy) is 5. The molecule has 4 fully saturated rings. The van der Waals surface area contributed by atoms with Gasteiger partial charge in [-0.1, -0.05) is 13.0 Å². The van der Waals surface area contributed by atoms with Crippen molar-refractivity contribution in [2.24, 2.45) is 17.3 Å². The number of fused-ring (bicyclic) bond motifs is 5. The first-order chi connectivity index (χ1) is 31.4. The van der Waals surface area contributed by atoms with Gasteiger partial charge in [0.1, 0.15) is 48.5 Å². The van der Waals surface area contributed by atoms with Crippen LogP contribution in [0.25, 0.3) is 0 Å². The van der Waals surface area contributed by atoms with Crippen molar-refractivity contribution in [3.63, 3.8) is 0 Å². The van der Waals surface area contributed by atoms with Crippen molar-refractivity contribution in [1.29, 1.82) is 0 Å². The summed E-state index contributed by atoms with van der Waals surface area (Å²) in [5.41, 5.74) is 10.9. The zero-order valence-electron chi connectivity index (χ0n) is 37.6. The minimum Gasteiger partial charge on any atom is -0.508 e. The number of nitrogens with one attached hydrogen (secondary N) is 5. The second kappa shape index (κ2) is 22.1. The van der Waals surface area contributed by atoms with Crippen LogP contribution in [-0.4, -0.2) is 153 Å². The molecule has 10 unspecified atom stereocenters. The van der Waals surface area contributed by atoms with Crippen LogP contribution in [0.3, 0.4) is 0 Å². The molecular weight excluding hydrogens is 871 g/mol. The second-order valence-corrected chi connectivity index (χ2v) is 18.4. The summed E-state index contributed by atoms with van der Waals surface area (Å²) in [5, 5.41) is 66.2. The Bertz CT molecular complexity index is 1930. The molecular formula is C44H65N5O17. The summed E-state index contributed by atoms with van der Waals surface area (Å²) in [6.07, 6.45) is -11.2. The topological polar surface area (TPSA) is 330 Å². The Balaban J connectivity index is 0.870. The number of carbonyl (C=O) groups is 6. The maximum atomic E-state index is 13.2. The van der Waals surface area contributed by atoms with Crippen molar-refractivity contribution in [2.45, 2.75) is 171 Å². The van der Waals surface area contributed by atoms with Gasteiger partial charge in [-0.05, 0) is 92.9 Å². The number of unbranched alkanes of at least 4 members (excludes halogenated alkanes) is 1. The summed E-state index contributed by atoms with van der Waals surface area (Å²) in [6.45, 7) is 4.24. The van der Waals surface area contributed by atoms with Gasteiger partial charge < -0.3 is 59.6 Å². The van der Waals surface area contributed by atoms with E-state index in [1.165, 1.54) is 12.5 Å². The van der Waals surface area contributed by atoms with Crippen molar-refractivity contribution in [3.05, 3.63) is 29.3 Å². The Hall–Kier alpha value is -4.52. The number of esters is 1. The van der Waals surface area contributed by atoms with E-state index in [4.69, 9.17) is 23.7 Å². The van der Waals surface area contributed by atoms with E-state index < -0.39 is 121 Å². The first kappa shape index (κ1) is 50.9. The number of phenolic OH excluding ortho intramolecular Hbond substituents is 1. The van der Waals surface area contributed by atoms with Crippen LogP contribution < -0.4 is 27.0 Å². The lowest BCUT2D eigenvalue weighted by atomic mass is 9.55. The molecule has 0 aromatic heterocycles. The first-order valence-electron chi connectivity index (χ1n) is 22.6. The maximum absolute atomic E-state index is 13.2. The molecule has 66 heavy (non-hydrogen) atoms. The Labute approximate surface area is 381 Å². The number of aliphatic hydroxyl groups excluding tert-OH is 5. The number of hydrogen-bond acceptors (Lipinski definition) is 17. The molecule has 22 nitrogen and oxygen atoms in total. The van der Waals surface area contributed by atoms with Crippen molar-refractivity contribution >= 4 is 35.5 Å². The third kappa shape index (κ3) is 11.4. The molecule has 2 saturated carbocycles. The highest BCUT2D eigenvalue weighted by Crippen LogP contribution is 2.61. The molecule has 5 aliphatic rings. The number of aryl methyl sites for hydroxylation is 1. The van der Waals surface area contributed by atoms with Gasteiger partial charge in [0.15, 0.2) is 12.4 Å². The summed E-state index contributed by atoms with van der Waals surface area (Å²) < 4.78 is 28.0. The summed E-state index contributed by atoms with van der Waals surface area (Å²) in [4.78, 5) is 75.3. The lowest BCUT2D eigenvalue weighted by Gasteiger charge is -2.49. The SMILES string of the molecule is COC1C(C(=O)NNC(=O)CCCCC(=O)NNC(=O)CCC(=O)O[C@@H]2C[C@H]3[C@@H]4CCc5cc(O)ccc5[C@H]4CC[C@]3(C)[C@H]2O)OC(OC2C(O)C(CO)OC(C)C2NC(C)=O)C(O)C1O. The largest absolute Gasteiger partial charge is 0.508 e. The molecule has 5 amide bonds. The summed E-state index contributed by atoms with van der Waals surface area (Å²) >= 11 is 0. The van der Waals surface area contributed by atoms with E-state index in [1.54, 1.807) is 13.0 Å². The van der Waals surface area contributed by atoms with Gasteiger partial charge in [0.05, 0.1) is 31.3 Å². The van der Waals surface area contributed by atoms with Crippen molar-refractivity contribution < 1.29 is 83.1 Å². The van der Waals surface area contributed by atoms with Crippen LogP contribution in [0.2, 0.25) is 0 Å². The van der Waals surface area contributed by atoms with E-state index in [0.29, 0.717) is 18.3 Å². The van der Waals surface area contributed by atoms with Gasteiger partial charge in [0.2, 0.25) is 23.6 Å². The van der Waals surface area contributed by atoms with Gasteiger partial charge in [0.25, 0.3) is 5.91 Å². The van der Waals surface area contributed by atoms with Crippen LogP contribution in [-0.2, 0) is 58.9 Å². The molecule has 368 valence electrons. The molecule has 2 saturated heterocycles. The minimum atomic E-state index is -1.81. The van der Waals surface area contributed by atoms with Crippen LogP contribution in [0.15, 0.2) is 18.2 Å². The highest BCUT2D eigenvalue weighted by molar-refractivity contribution is 5.86. The Morgan fingerprint density at radius 3 is 2.17 bits per heavy atom. The van der Waals surface area contributed by atoms with Crippen molar-refractivity contribution in [2.75, 3.05) is 13.7 Å². The Morgan fingerprint density at radius 1 is 0.848 bits per heavy atom. The first-order valence-corrected chi connectivity index (χ1v) is 22.6. The van der Waals surface area contributed by atoms with Crippen molar-refractivity contribution in [3.8, 4) is 5.75 Å². The molecule has 6 rings (SSSR count). The van der Waals surface area contributed by atoms with E-state index >= 15 is 0 Å². The van der Waals surface area contributed by atoms with Gasteiger partial charge in [-0.15, -0.1) is 0 Å². The smallest absolute Gasteiger partial charge is 0.306 e. The van der Waals surface area contributed by atoms with Crippen LogP contribution in [0.1, 0.15) is 102 Å². The van der Waals surface area contributed by atoms with E-state index in [9.17, 15) is 59.4 Å². The number of rotatable bonds is 15. The number of benzene rings is 1. The number of aliphatic hydroxyl groups is 5. The van der Waals surface area contributed by atoms with Gasteiger partial charge in [0, 0.05) is 38.7 Å². The molecule has 11 N–H and O–H groups in total. The van der Waals surface area contributed by atoms with Crippen LogP contribution >= 0.6 is 0 Å². The molecule has 0 spiro atoms. The molecule has 2 heterocycles. The summed E-state index contributed by atoms with van der Waals surface area (Å²) in [7, 11) is 1.15. The quantitative estimate of drug-likeness (QED) is 0.0528. The number of hydrogen-bond donors (Lipinski definition) is 11. The number of aromatic hydroxyl groups is 1. The van der Waals surface area contributed by atoms with Gasteiger partial charge in [-0.2, -0.15) is 0 Å². The zero-order valence-corrected chi connectivity index (χ0v) is 37.6. The molecule has 22 heteroatoms. The van der Waals surface area contributed by atoms with Crippen LogP contribution in [0, 0.1) is 17.3 Å². The molecule has 3 aliphatic carbocycles. The fraction of sp³-hybridized carbons (Fsp3) is 0.727. The average Bonchev–Trinajstić information content (AvgIpc) is 3.54. The standard InChI is InChI=1S/C44H65N5O17/c1-20-34(45-21(2)51)38(35(57)29(19-50)63-20)65-43-37(59)36(58)39(62-4)40(66-43)42(61)49-48-31(54)8-6-5-7-30(53)46-47-32(55)13-14-33(56)64-28-18-27-26-11-9-22-17-23(52)10-12-24(22)25(26)15-16-44(27,3)41(28)60/h10,12,17,20,25-29,34-41,43,50,52,57-60H,5-9,11,13-16,18-19H2,1-4H3,(H,45,51)(H,46,53)(H,47,55)(H,48,54)(H,49,61)/t20?,25-,26-,27+,28-,29?,34?,35?,36?,37?,38?,39?,40?,41+,43?,44+/m1/s1. The molecule has 1 aromatic rings. The number of methoxy groups -OCH3 is 1. The van der Waals surface area contributed by atoms with Crippen LogP contribution in [0.5, 0.6) is 5.75 Å². The average molecular weight is 936 g/mol. The number of phenols is 1. The van der Waals surface area contributed by atoms with E-state index in [1.807, 2.05) is 12.1 Å². The predicted octanol–water partition coefficient (Wildman–Crippen LogP) is -1.74. The third-order valence-electron chi connectivity index (χ3n) is 14.1. The van der Waals surface area contributed by atoms with Gasteiger partial charge in [-0.25, -0.2) is 0 Å². The van der Waals surface area contributed by atoms with Gasteiger partial charge >= 0.3 is 5.97 Å². The van der Waals surface area contributed by atoms with Gasteiger partial charge in [-0.3, -0.25) is 50.5 Å². The van der Waals surface area contributed by atoms with Crippen LogP contribution in [0.4, 0.5) is 0 Å². The molecule has 2 aliphatic heterocycles. The fourth-order valence-corrected chi connectivity index (χ4v) is 10.6. The lowest BCUT2D eigenvalue weighted by molar-refractivity contribution is -0.325. The number of carbonyl (C=O) groups excluding carboxylic acids is 6. The lowest BCUT2D eigenvalue weighted by Crippen LogP contribution is -2.68. The third-order valence-corrected chi connectivity index (χ3v) is 14.1. The van der Waals surface area contributed by atoms with E-state index in [2.05, 4.69) is 33.9 Å². The highest BCUT2D eigenvalue weighted by Gasteiger charge is 2.59. The normalized spacial score (nSPS) is 35.8. The minimum absolute atomic E-state index is 0.0765. The zero-order chi connectivity index (χ0) is 48.0. The van der Waals surface area contributed by atoms with Crippen molar-refractivity contribution in [1.82, 2.24) is 27.0 Å². The number of hydrazine groups is 2. The second-order valence-electron chi connectivity index (χ2n) is 18.4. The van der Waals surface area contributed by atoms with E-state index in [-0.39, 0.29) is 50.2 Å². The predicted molar refractivity (Wildman–Crippen MR) is 226 cm³/mol. The fourth-order valence-electron chi connectivity index (χ4n) is 10.6.